The molecule has 2 heterocycles. The maximum Gasteiger partial charge on any atom is 0.267 e. The Morgan fingerprint density at radius 1 is 1.11 bits per heavy atom. The average Bonchev–Trinajstić information content (AvgIpc) is 2.96. The van der Waals surface area contributed by atoms with Crippen LogP contribution >= 0.6 is 0 Å². The maximum absolute atomic E-state index is 13.7. The van der Waals surface area contributed by atoms with Gasteiger partial charge in [0, 0.05) is 17.4 Å². The molecule has 3 aromatic rings. The highest BCUT2D eigenvalue weighted by Gasteiger charge is 2.19. The number of hydrogen-bond acceptors (Lipinski definition) is 4. The molecule has 1 atom stereocenters. The fraction of sp³-hybridized carbons (Fsp3) is 0.263. The molecule has 7 nitrogen and oxygen atoms in total. The van der Waals surface area contributed by atoms with Crippen LogP contribution in [0.15, 0.2) is 41.2 Å². The van der Waals surface area contributed by atoms with E-state index in [0.717, 1.165) is 16.1 Å². The monoisotopic (exact) mass is 369 g/mol. The van der Waals surface area contributed by atoms with Crippen molar-refractivity contribution in [2.45, 2.75) is 33.7 Å². The van der Waals surface area contributed by atoms with Crippen LogP contribution in [0.25, 0.3) is 5.82 Å². The molecule has 27 heavy (non-hydrogen) atoms. The van der Waals surface area contributed by atoms with Gasteiger partial charge in [-0.25, -0.2) is 13.8 Å². The second-order valence-electron chi connectivity index (χ2n) is 6.44. The Labute approximate surface area is 155 Å². The number of nitrogens with zero attached hydrogens (tertiary/aromatic N) is 4. The van der Waals surface area contributed by atoms with Crippen LogP contribution in [0.4, 0.5) is 10.1 Å². The van der Waals surface area contributed by atoms with Crippen LogP contribution in [0, 0.1) is 26.6 Å². The summed E-state index contributed by atoms with van der Waals surface area (Å²) in [4.78, 5) is 24.7. The molecule has 3 rings (SSSR count). The van der Waals surface area contributed by atoms with E-state index in [-0.39, 0.29) is 0 Å². The van der Waals surface area contributed by atoms with Crippen molar-refractivity contribution in [3.63, 3.8) is 0 Å². The second-order valence-corrected chi connectivity index (χ2v) is 6.44. The summed E-state index contributed by atoms with van der Waals surface area (Å²) in [6.45, 7) is 6.92. The largest absolute Gasteiger partial charge is 0.324 e. The molecule has 0 aliphatic heterocycles. The maximum atomic E-state index is 13.7. The third-order valence-electron chi connectivity index (χ3n) is 4.22. The van der Waals surface area contributed by atoms with Crippen molar-refractivity contribution in [2.75, 3.05) is 5.32 Å². The Balaban J connectivity index is 1.89. The van der Waals surface area contributed by atoms with Gasteiger partial charge in [0.2, 0.25) is 5.91 Å². The van der Waals surface area contributed by atoms with Gasteiger partial charge in [-0.15, -0.1) is 5.10 Å². The molecule has 1 aromatic carbocycles. The van der Waals surface area contributed by atoms with Crippen molar-refractivity contribution in [1.29, 1.82) is 0 Å². The molecule has 0 spiro atoms. The quantitative estimate of drug-likeness (QED) is 0.767. The van der Waals surface area contributed by atoms with Crippen molar-refractivity contribution in [3.05, 3.63) is 69.5 Å². The number of amides is 1. The lowest BCUT2D eigenvalue weighted by molar-refractivity contribution is -0.119. The standard InChI is InChI=1S/C19H20FN5O2/c1-11-5-6-15(10-16(11)20)21-19(27)14(4)25-18(26)8-7-17(23-25)24-13(3)9-12(2)22-24/h5-10,14H,1-4H3,(H,21,27). The van der Waals surface area contributed by atoms with Gasteiger partial charge in [-0.2, -0.15) is 5.10 Å². The molecule has 0 fully saturated rings. The fourth-order valence-corrected chi connectivity index (χ4v) is 2.69. The van der Waals surface area contributed by atoms with Crippen LogP contribution in [0.1, 0.15) is 29.9 Å². The zero-order valence-electron chi connectivity index (χ0n) is 15.5. The fourth-order valence-electron chi connectivity index (χ4n) is 2.69. The highest BCUT2D eigenvalue weighted by atomic mass is 19.1. The van der Waals surface area contributed by atoms with Gasteiger partial charge in [0.15, 0.2) is 5.82 Å². The van der Waals surface area contributed by atoms with E-state index >= 15 is 0 Å². The Morgan fingerprint density at radius 3 is 2.48 bits per heavy atom. The van der Waals surface area contributed by atoms with E-state index in [2.05, 4.69) is 15.5 Å². The van der Waals surface area contributed by atoms with Crippen LogP contribution in [0.2, 0.25) is 0 Å². The molecule has 0 saturated carbocycles. The van der Waals surface area contributed by atoms with Crippen molar-refractivity contribution in [1.82, 2.24) is 19.6 Å². The Kier molecular flexibility index (Phi) is 4.89. The number of benzene rings is 1. The summed E-state index contributed by atoms with van der Waals surface area (Å²) in [7, 11) is 0. The lowest BCUT2D eigenvalue weighted by Crippen LogP contribution is -2.33. The molecule has 1 N–H and O–H groups in total. The predicted molar refractivity (Wildman–Crippen MR) is 99.6 cm³/mol. The molecule has 1 amide bonds. The predicted octanol–water partition coefficient (Wildman–Crippen LogP) is 2.69. The lowest BCUT2D eigenvalue weighted by atomic mass is 10.2. The number of aromatic nitrogens is 4. The summed E-state index contributed by atoms with van der Waals surface area (Å²) in [6.07, 6.45) is 0. The van der Waals surface area contributed by atoms with E-state index in [1.165, 1.54) is 12.1 Å². The molecular weight excluding hydrogens is 349 g/mol. The first-order valence-corrected chi connectivity index (χ1v) is 8.47. The van der Waals surface area contributed by atoms with Crippen LogP contribution in [0.5, 0.6) is 0 Å². The zero-order valence-corrected chi connectivity index (χ0v) is 15.5. The molecular formula is C19H20FN5O2. The van der Waals surface area contributed by atoms with Gasteiger partial charge in [-0.05, 0) is 57.5 Å². The first-order valence-electron chi connectivity index (χ1n) is 8.47. The number of carbonyl (C=O) groups excluding carboxylic acids is 1. The third kappa shape index (κ3) is 3.79. The Hall–Kier alpha value is -3.29. The molecule has 1 unspecified atom stereocenters. The SMILES string of the molecule is Cc1cc(C)n(-c2ccc(=O)n(C(C)C(=O)Nc3ccc(C)c(F)c3)n2)n1. The second kappa shape index (κ2) is 7.14. The first-order chi connectivity index (χ1) is 12.8. The third-order valence-corrected chi connectivity index (χ3v) is 4.22. The van der Waals surface area contributed by atoms with E-state index < -0.39 is 23.3 Å². The molecule has 2 aromatic heterocycles. The summed E-state index contributed by atoms with van der Waals surface area (Å²) in [5, 5.41) is 11.2. The average molecular weight is 369 g/mol. The molecule has 0 aliphatic carbocycles. The molecule has 140 valence electrons. The highest BCUT2D eigenvalue weighted by molar-refractivity contribution is 5.93. The molecule has 8 heteroatoms. The normalized spacial score (nSPS) is 12.0. The van der Waals surface area contributed by atoms with Crippen LogP contribution in [0.3, 0.4) is 0 Å². The first kappa shape index (κ1) is 18.5. The van der Waals surface area contributed by atoms with Gasteiger partial charge < -0.3 is 5.32 Å². The number of carbonyl (C=O) groups is 1. The van der Waals surface area contributed by atoms with E-state index in [1.807, 2.05) is 19.9 Å². The smallest absolute Gasteiger partial charge is 0.267 e. The Bertz CT molecular complexity index is 1070. The summed E-state index contributed by atoms with van der Waals surface area (Å²) >= 11 is 0. The number of halogens is 1. The molecule has 0 saturated heterocycles. The van der Waals surface area contributed by atoms with Crippen LogP contribution < -0.4 is 10.9 Å². The van der Waals surface area contributed by atoms with Gasteiger partial charge in [-0.3, -0.25) is 9.59 Å². The van der Waals surface area contributed by atoms with Gasteiger partial charge in [0.1, 0.15) is 11.9 Å². The Morgan fingerprint density at radius 2 is 1.85 bits per heavy atom. The summed E-state index contributed by atoms with van der Waals surface area (Å²) in [6, 6.07) is 8.31. The van der Waals surface area contributed by atoms with Crippen molar-refractivity contribution >= 4 is 11.6 Å². The number of rotatable bonds is 4. The summed E-state index contributed by atoms with van der Waals surface area (Å²) < 4.78 is 16.4. The lowest BCUT2D eigenvalue weighted by Gasteiger charge is -2.15. The minimum atomic E-state index is -0.890. The summed E-state index contributed by atoms with van der Waals surface area (Å²) in [5.74, 6) is -0.457. The topological polar surface area (TPSA) is 81.8 Å². The number of hydrogen-bond donors (Lipinski definition) is 1. The van der Waals surface area contributed by atoms with Gasteiger partial charge in [-0.1, -0.05) is 6.07 Å². The summed E-state index contributed by atoms with van der Waals surface area (Å²) in [5.41, 5.74) is 2.06. The van der Waals surface area contributed by atoms with E-state index in [9.17, 15) is 14.0 Å². The van der Waals surface area contributed by atoms with Crippen molar-refractivity contribution in [3.8, 4) is 5.82 Å². The van der Waals surface area contributed by atoms with Gasteiger partial charge in [0.05, 0.1) is 5.69 Å². The highest BCUT2D eigenvalue weighted by Crippen LogP contribution is 2.16. The number of nitrogens with one attached hydrogen (secondary N) is 1. The molecule has 0 aliphatic rings. The van der Waals surface area contributed by atoms with Gasteiger partial charge in [0.25, 0.3) is 5.56 Å². The van der Waals surface area contributed by atoms with Crippen molar-refractivity contribution < 1.29 is 9.18 Å². The van der Waals surface area contributed by atoms with E-state index in [1.54, 1.807) is 36.7 Å². The van der Waals surface area contributed by atoms with E-state index in [0.29, 0.717) is 17.1 Å². The molecule has 0 radical (unpaired) electrons. The minimum Gasteiger partial charge on any atom is -0.324 e. The number of anilines is 1. The van der Waals surface area contributed by atoms with Crippen molar-refractivity contribution in [2.24, 2.45) is 0 Å². The zero-order chi connectivity index (χ0) is 19.7. The van der Waals surface area contributed by atoms with Crippen LogP contribution in [-0.4, -0.2) is 25.5 Å². The molecule has 0 bridgehead atoms. The van der Waals surface area contributed by atoms with Gasteiger partial charge >= 0.3 is 0 Å². The minimum absolute atomic E-state index is 0.317. The van der Waals surface area contributed by atoms with E-state index in [4.69, 9.17) is 0 Å². The number of aryl methyl sites for hydroxylation is 3. The van der Waals surface area contributed by atoms with Crippen LogP contribution in [-0.2, 0) is 4.79 Å².